The molecule has 1 N–H and O–H groups in total. The first-order chi connectivity index (χ1) is 9.40. The maximum absolute atomic E-state index is 12.4. The lowest BCUT2D eigenvalue weighted by Crippen LogP contribution is -2.30. The van der Waals surface area contributed by atoms with Crippen molar-refractivity contribution in [1.29, 1.82) is 0 Å². The fourth-order valence-corrected chi connectivity index (χ4v) is 2.50. The van der Waals surface area contributed by atoms with Crippen LogP contribution in [0.15, 0.2) is 6.20 Å². The van der Waals surface area contributed by atoms with Gasteiger partial charge in [-0.25, -0.2) is 0 Å². The molecule has 0 saturated carbocycles. The molecule has 1 amide bonds. The second-order valence-electron chi connectivity index (χ2n) is 5.79. The van der Waals surface area contributed by atoms with E-state index in [0.717, 1.165) is 12.2 Å². The molecule has 110 valence electrons. The highest BCUT2D eigenvalue weighted by atomic mass is 16.4. The van der Waals surface area contributed by atoms with Gasteiger partial charge < -0.3 is 10.0 Å². The van der Waals surface area contributed by atoms with Crippen LogP contribution in [0.1, 0.15) is 36.3 Å². The number of carboxylic acids is 1. The third-order valence-electron chi connectivity index (χ3n) is 3.70. The summed E-state index contributed by atoms with van der Waals surface area (Å²) in [4.78, 5) is 25.0. The molecule has 6 nitrogen and oxygen atoms in total. The van der Waals surface area contributed by atoms with Crippen LogP contribution in [0.4, 0.5) is 0 Å². The van der Waals surface area contributed by atoms with E-state index in [9.17, 15) is 9.59 Å². The number of hydrogen-bond donors (Lipinski definition) is 1. The first-order valence-corrected chi connectivity index (χ1v) is 6.94. The minimum absolute atomic E-state index is 0.110. The number of carbonyl (C=O) groups excluding carboxylic acids is 1. The Balaban J connectivity index is 2.10. The Hall–Kier alpha value is -1.85. The van der Waals surface area contributed by atoms with Crippen molar-refractivity contribution in [2.75, 3.05) is 13.1 Å². The molecule has 0 aliphatic carbocycles. The van der Waals surface area contributed by atoms with Gasteiger partial charge in [0.05, 0.1) is 17.7 Å². The lowest BCUT2D eigenvalue weighted by molar-refractivity contribution is -0.141. The highest BCUT2D eigenvalue weighted by Gasteiger charge is 2.32. The molecule has 2 rings (SSSR count). The molecule has 1 aromatic rings. The Bertz CT molecular complexity index is 522. The van der Waals surface area contributed by atoms with Crippen LogP contribution >= 0.6 is 0 Å². The summed E-state index contributed by atoms with van der Waals surface area (Å²) in [5.41, 5.74) is 1.43. The van der Waals surface area contributed by atoms with Crippen molar-refractivity contribution in [2.45, 2.75) is 33.7 Å². The quantitative estimate of drug-likeness (QED) is 0.903. The van der Waals surface area contributed by atoms with Crippen LogP contribution in [-0.2, 0) is 11.3 Å². The lowest BCUT2D eigenvalue weighted by atomic mass is 10.1. The van der Waals surface area contributed by atoms with Crippen LogP contribution in [0.25, 0.3) is 0 Å². The highest BCUT2D eigenvalue weighted by molar-refractivity contribution is 5.95. The topological polar surface area (TPSA) is 75.4 Å². The van der Waals surface area contributed by atoms with E-state index in [1.165, 1.54) is 0 Å². The summed E-state index contributed by atoms with van der Waals surface area (Å²) >= 11 is 0. The number of nitrogens with zero attached hydrogens (tertiary/aromatic N) is 3. The van der Waals surface area contributed by atoms with Gasteiger partial charge in [-0.3, -0.25) is 14.3 Å². The van der Waals surface area contributed by atoms with Gasteiger partial charge in [0.2, 0.25) is 0 Å². The van der Waals surface area contributed by atoms with E-state index in [1.807, 2.05) is 11.6 Å². The fourth-order valence-electron chi connectivity index (χ4n) is 2.50. The average Bonchev–Trinajstić information content (AvgIpc) is 2.97. The number of aliphatic carboxylic acids is 1. The summed E-state index contributed by atoms with van der Waals surface area (Å²) in [6.07, 6.45) is 2.12. The van der Waals surface area contributed by atoms with Crippen LogP contribution in [0.3, 0.4) is 0 Å². The van der Waals surface area contributed by atoms with Crippen molar-refractivity contribution < 1.29 is 14.7 Å². The van der Waals surface area contributed by atoms with Gasteiger partial charge in [0.25, 0.3) is 5.91 Å². The second-order valence-corrected chi connectivity index (χ2v) is 5.79. The predicted octanol–water partition coefficient (Wildman–Crippen LogP) is 1.39. The van der Waals surface area contributed by atoms with Gasteiger partial charge in [-0.1, -0.05) is 13.8 Å². The van der Waals surface area contributed by atoms with Crippen LogP contribution in [0.5, 0.6) is 0 Å². The molecule has 1 saturated heterocycles. The molecule has 0 spiro atoms. The van der Waals surface area contributed by atoms with E-state index in [4.69, 9.17) is 5.11 Å². The summed E-state index contributed by atoms with van der Waals surface area (Å²) in [7, 11) is 0. The summed E-state index contributed by atoms with van der Waals surface area (Å²) in [5, 5.41) is 13.2. The number of likely N-dealkylation sites (tertiary alicyclic amines) is 1. The molecule has 1 aliphatic rings. The summed E-state index contributed by atoms with van der Waals surface area (Å²) in [6, 6.07) is 0. The second kappa shape index (κ2) is 5.64. The Morgan fingerprint density at radius 3 is 2.75 bits per heavy atom. The zero-order valence-corrected chi connectivity index (χ0v) is 12.2. The number of carboxylic acid groups (broad SMARTS) is 1. The Labute approximate surface area is 118 Å². The standard InChI is InChI=1S/C14H21N3O3/c1-9(2)7-17-10(3)12(6-15-17)13(18)16-5-4-11(8-16)14(19)20/h6,9,11H,4-5,7-8H2,1-3H3,(H,19,20). The number of hydrogen-bond acceptors (Lipinski definition) is 3. The van der Waals surface area contributed by atoms with Crippen molar-refractivity contribution in [3.8, 4) is 0 Å². The molecule has 1 atom stereocenters. The van der Waals surface area contributed by atoms with E-state index in [-0.39, 0.29) is 5.91 Å². The van der Waals surface area contributed by atoms with Crippen LogP contribution in [-0.4, -0.2) is 44.8 Å². The van der Waals surface area contributed by atoms with E-state index in [2.05, 4.69) is 18.9 Å². The van der Waals surface area contributed by atoms with E-state index in [0.29, 0.717) is 31.0 Å². The Kier molecular flexibility index (Phi) is 4.11. The van der Waals surface area contributed by atoms with E-state index >= 15 is 0 Å². The Morgan fingerprint density at radius 2 is 2.20 bits per heavy atom. The highest BCUT2D eigenvalue weighted by Crippen LogP contribution is 2.20. The maximum atomic E-state index is 12.4. The first kappa shape index (κ1) is 14.6. The minimum atomic E-state index is -0.826. The molecule has 20 heavy (non-hydrogen) atoms. The molecule has 0 aromatic carbocycles. The Morgan fingerprint density at radius 1 is 1.50 bits per heavy atom. The molecular formula is C14H21N3O3. The fraction of sp³-hybridized carbons (Fsp3) is 0.643. The van der Waals surface area contributed by atoms with Gasteiger partial charge in [0.15, 0.2) is 0 Å². The zero-order valence-electron chi connectivity index (χ0n) is 12.2. The van der Waals surface area contributed by atoms with Gasteiger partial charge in [0.1, 0.15) is 0 Å². The number of rotatable bonds is 4. The zero-order chi connectivity index (χ0) is 14.9. The monoisotopic (exact) mass is 279 g/mol. The first-order valence-electron chi connectivity index (χ1n) is 6.94. The molecule has 1 aromatic heterocycles. The molecule has 1 aliphatic heterocycles. The van der Waals surface area contributed by atoms with Gasteiger partial charge in [0, 0.05) is 25.3 Å². The van der Waals surface area contributed by atoms with Gasteiger partial charge in [-0.05, 0) is 19.3 Å². The van der Waals surface area contributed by atoms with Crippen LogP contribution < -0.4 is 0 Å². The molecule has 2 heterocycles. The number of aromatic nitrogens is 2. The van der Waals surface area contributed by atoms with Crippen molar-refractivity contribution in [2.24, 2.45) is 11.8 Å². The third-order valence-corrected chi connectivity index (χ3v) is 3.70. The number of amides is 1. The molecular weight excluding hydrogens is 258 g/mol. The van der Waals surface area contributed by atoms with Gasteiger partial charge in [-0.15, -0.1) is 0 Å². The van der Waals surface area contributed by atoms with Gasteiger partial charge >= 0.3 is 5.97 Å². The van der Waals surface area contributed by atoms with Crippen LogP contribution in [0, 0.1) is 18.8 Å². The summed E-state index contributed by atoms with van der Waals surface area (Å²) in [5.74, 6) is -0.918. The predicted molar refractivity (Wildman–Crippen MR) is 73.4 cm³/mol. The van der Waals surface area contributed by atoms with Gasteiger partial charge in [-0.2, -0.15) is 5.10 Å². The van der Waals surface area contributed by atoms with Crippen molar-refractivity contribution in [1.82, 2.24) is 14.7 Å². The van der Waals surface area contributed by atoms with E-state index in [1.54, 1.807) is 11.1 Å². The van der Waals surface area contributed by atoms with E-state index < -0.39 is 11.9 Å². The van der Waals surface area contributed by atoms with Crippen molar-refractivity contribution in [3.63, 3.8) is 0 Å². The largest absolute Gasteiger partial charge is 0.481 e. The van der Waals surface area contributed by atoms with Crippen molar-refractivity contribution >= 4 is 11.9 Å². The molecule has 0 radical (unpaired) electrons. The lowest BCUT2D eigenvalue weighted by Gasteiger charge is -2.15. The van der Waals surface area contributed by atoms with Crippen molar-refractivity contribution in [3.05, 3.63) is 17.5 Å². The molecule has 0 bridgehead atoms. The molecule has 1 unspecified atom stereocenters. The third kappa shape index (κ3) is 2.84. The average molecular weight is 279 g/mol. The summed E-state index contributed by atoms with van der Waals surface area (Å²) in [6.45, 7) is 7.65. The number of carbonyl (C=O) groups is 2. The molecule has 6 heteroatoms. The normalized spacial score (nSPS) is 18.8. The maximum Gasteiger partial charge on any atom is 0.308 e. The van der Waals surface area contributed by atoms with Crippen LogP contribution in [0.2, 0.25) is 0 Å². The SMILES string of the molecule is Cc1c(C(=O)N2CCC(C(=O)O)C2)cnn1CC(C)C. The minimum Gasteiger partial charge on any atom is -0.481 e. The smallest absolute Gasteiger partial charge is 0.308 e. The summed E-state index contributed by atoms with van der Waals surface area (Å²) < 4.78 is 1.84. The molecule has 1 fully saturated rings.